The molecule has 1 aromatic carbocycles. The average molecular weight is 436 g/mol. The van der Waals surface area contributed by atoms with Gasteiger partial charge in [-0.2, -0.15) is 4.98 Å². The first-order valence-electron chi connectivity index (χ1n) is 9.83. The van der Waals surface area contributed by atoms with Crippen LogP contribution in [0.1, 0.15) is 41.6 Å². The second kappa shape index (κ2) is 9.63. The summed E-state index contributed by atoms with van der Waals surface area (Å²) >= 11 is 12.0. The minimum absolute atomic E-state index is 0.125. The molecule has 1 amide bonds. The summed E-state index contributed by atoms with van der Waals surface area (Å²) in [6.07, 6.45) is 5.83. The second-order valence-electron chi connectivity index (χ2n) is 7.82. The number of anilines is 2. The molecule has 0 radical (unpaired) electrons. The van der Waals surface area contributed by atoms with Gasteiger partial charge in [0.05, 0.1) is 0 Å². The van der Waals surface area contributed by atoms with Crippen molar-refractivity contribution in [1.82, 2.24) is 15.3 Å². The highest BCUT2D eigenvalue weighted by molar-refractivity contribution is 6.35. The number of nitrogens with zero attached hydrogens (tertiary/aromatic N) is 3. The summed E-state index contributed by atoms with van der Waals surface area (Å²) in [6.45, 7) is 2.84. The molecule has 0 spiro atoms. The molecule has 1 aliphatic rings. The van der Waals surface area contributed by atoms with Gasteiger partial charge < -0.3 is 15.5 Å². The van der Waals surface area contributed by atoms with Gasteiger partial charge in [-0.05, 0) is 56.7 Å². The van der Waals surface area contributed by atoms with Crippen LogP contribution in [0.5, 0.6) is 0 Å². The summed E-state index contributed by atoms with van der Waals surface area (Å²) in [5, 5.41) is 7.40. The van der Waals surface area contributed by atoms with Gasteiger partial charge in [0.1, 0.15) is 5.82 Å². The summed E-state index contributed by atoms with van der Waals surface area (Å²) in [5.41, 5.74) is 1.55. The van der Waals surface area contributed by atoms with Crippen LogP contribution >= 0.6 is 23.2 Å². The van der Waals surface area contributed by atoms with Gasteiger partial charge in [-0.3, -0.25) is 4.79 Å². The minimum atomic E-state index is -0.125. The molecule has 0 atom stereocenters. The molecule has 1 aromatic heterocycles. The Kier molecular flexibility index (Phi) is 7.19. The maximum absolute atomic E-state index is 12.5. The zero-order chi connectivity index (χ0) is 21.0. The van der Waals surface area contributed by atoms with Crippen LogP contribution in [0, 0.1) is 12.8 Å². The van der Waals surface area contributed by atoms with E-state index in [1.165, 1.54) is 0 Å². The van der Waals surface area contributed by atoms with Crippen molar-refractivity contribution in [1.29, 1.82) is 0 Å². The van der Waals surface area contributed by atoms with Crippen LogP contribution in [-0.4, -0.2) is 42.6 Å². The van der Waals surface area contributed by atoms with E-state index in [-0.39, 0.29) is 11.9 Å². The Labute approximate surface area is 182 Å². The van der Waals surface area contributed by atoms with Crippen molar-refractivity contribution in [3.8, 4) is 0 Å². The Hall–Kier alpha value is -2.05. The number of amides is 1. The maximum Gasteiger partial charge on any atom is 0.251 e. The molecular formula is C21H27Cl2N5O. The van der Waals surface area contributed by atoms with E-state index >= 15 is 0 Å². The first kappa shape index (κ1) is 21.7. The molecule has 0 saturated heterocycles. The van der Waals surface area contributed by atoms with Crippen molar-refractivity contribution in [3.63, 3.8) is 0 Å². The second-order valence-corrected chi connectivity index (χ2v) is 8.70. The Bertz CT molecular complexity index is 846. The highest BCUT2D eigenvalue weighted by Crippen LogP contribution is 2.26. The van der Waals surface area contributed by atoms with Gasteiger partial charge in [0, 0.05) is 54.1 Å². The zero-order valence-electron chi connectivity index (χ0n) is 17.0. The van der Waals surface area contributed by atoms with E-state index in [1.807, 2.05) is 32.1 Å². The Morgan fingerprint density at radius 1 is 1.14 bits per heavy atom. The molecule has 8 heteroatoms. The Morgan fingerprint density at radius 2 is 1.79 bits per heavy atom. The van der Waals surface area contributed by atoms with Crippen LogP contribution in [0.15, 0.2) is 24.4 Å². The third-order valence-electron chi connectivity index (χ3n) is 5.22. The van der Waals surface area contributed by atoms with E-state index in [0.29, 0.717) is 27.5 Å². The van der Waals surface area contributed by atoms with Crippen molar-refractivity contribution >= 4 is 40.9 Å². The number of aryl methyl sites for hydroxylation is 1. The van der Waals surface area contributed by atoms with Crippen LogP contribution in [0.2, 0.25) is 10.0 Å². The number of aromatic nitrogens is 2. The van der Waals surface area contributed by atoms with Crippen LogP contribution in [0.3, 0.4) is 0 Å². The van der Waals surface area contributed by atoms with Crippen molar-refractivity contribution in [3.05, 3.63) is 45.6 Å². The quantitative estimate of drug-likeness (QED) is 0.695. The van der Waals surface area contributed by atoms with E-state index < -0.39 is 0 Å². The fourth-order valence-electron chi connectivity index (χ4n) is 3.67. The fraction of sp³-hybridized carbons (Fsp3) is 0.476. The molecule has 2 N–H and O–H groups in total. The predicted molar refractivity (Wildman–Crippen MR) is 119 cm³/mol. The average Bonchev–Trinajstić information content (AvgIpc) is 2.67. The number of benzene rings is 1. The lowest BCUT2D eigenvalue weighted by molar-refractivity contribution is 0.0922. The lowest BCUT2D eigenvalue weighted by Gasteiger charge is -2.29. The van der Waals surface area contributed by atoms with Crippen LogP contribution in [0.4, 0.5) is 11.8 Å². The summed E-state index contributed by atoms with van der Waals surface area (Å²) in [7, 11) is 3.96. The van der Waals surface area contributed by atoms with Crippen LogP contribution in [-0.2, 0) is 0 Å². The molecule has 6 nitrogen and oxygen atoms in total. The predicted octanol–water partition coefficient (Wildman–Crippen LogP) is 4.56. The lowest BCUT2D eigenvalue weighted by Crippen LogP contribution is -2.38. The number of halogens is 2. The highest BCUT2D eigenvalue weighted by atomic mass is 35.5. The normalized spacial score (nSPS) is 18.9. The van der Waals surface area contributed by atoms with Crippen molar-refractivity contribution in [2.24, 2.45) is 5.92 Å². The van der Waals surface area contributed by atoms with Gasteiger partial charge >= 0.3 is 0 Å². The molecule has 1 saturated carbocycles. The van der Waals surface area contributed by atoms with Crippen LogP contribution < -0.4 is 15.5 Å². The number of carbonyl (C=O) groups is 1. The number of hydrogen-bond donors (Lipinski definition) is 2. The van der Waals surface area contributed by atoms with Gasteiger partial charge in [0.15, 0.2) is 0 Å². The van der Waals surface area contributed by atoms with E-state index in [2.05, 4.69) is 20.6 Å². The number of hydrogen-bond acceptors (Lipinski definition) is 5. The molecule has 1 fully saturated rings. The summed E-state index contributed by atoms with van der Waals surface area (Å²) in [6, 6.07) is 5.08. The molecule has 156 valence electrons. The Morgan fingerprint density at radius 3 is 2.41 bits per heavy atom. The smallest absolute Gasteiger partial charge is 0.251 e. The van der Waals surface area contributed by atoms with E-state index in [4.69, 9.17) is 23.2 Å². The summed E-state index contributed by atoms with van der Waals surface area (Å²) in [5.74, 6) is 2.00. The van der Waals surface area contributed by atoms with E-state index in [9.17, 15) is 4.79 Å². The van der Waals surface area contributed by atoms with Gasteiger partial charge in [-0.1, -0.05) is 23.2 Å². The van der Waals surface area contributed by atoms with Crippen molar-refractivity contribution in [2.75, 3.05) is 30.9 Å². The molecule has 1 aliphatic carbocycles. The Balaban J connectivity index is 1.47. The monoisotopic (exact) mass is 435 g/mol. The number of carbonyl (C=O) groups excluding carboxylic acids is 1. The zero-order valence-corrected chi connectivity index (χ0v) is 18.5. The molecule has 0 aliphatic heterocycles. The topological polar surface area (TPSA) is 70.1 Å². The van der Waals surface area contributed by atoms with Gasteiger partial charge in [-0.25, -0.2) is 4.98 Å². The van der Waals surface area contributed by atoms with Gasteiger partial charge in [0.25, 0.3) is 5.91 Å². The molecule has 29 heavy (non-hydrogen) atoms. The summed E-state index contributed by atoms with van der Waals surface area (Å²) in [4.78, 5) is 23.4. The SMILES string of the molecule is Cc1cnc(NC[C@H]2CC[C@@H](NC(=O)c3cc(Cl)cc(Cl)c3)CC2)nc1N(C)C. The van der Waals surface area contributed by atoms with Gasteiger partial charge in [-0.15, -0.1) is 0 Å². The molecule has 1 heterocycles. The van der Waals surface area contributed by atoms with E-state index in [0.717, 1.165) is 43.6 Å². The van der Waals surface area contributed by atoms with Gasteiger partial charge in [0.2, 0.25) is 5.95 Å². The van der Waals surface area contributed by atoms with E-state index in [1.54, 1.807) is 18.2 Å². The van der Waals surface area contributed by atoms with Crippen molar-refractivity contribution in [2.45, 2.75) is 38.6 Å². The van der Waals surface area contributed by atoms with Crippen molar-refractivity contribution < 1.29 is 4.79 Å². The molecule has 0 unspecified atom stereocenters. The highest BCUT2D eigenvalue weighted by Gasteiger charge is 2.23. The standard InChI is InChI=1S/C21H27Cl2N5O/c1-13-11-24-21(27-19(13)28(2)3)25-12-14-4-6-18(7-5-14)26-20(29)15-8-16(22)10-17(23)9-15/h8-11,14,18H,4-7,12H2,1-3H3,(H,26,29)(H,24,25,27)/t14-,18+. The number of rotatable bonds is 6. The largest absolute Gasteiger partial charge is 0.362 e. The third-order valence-corrected chi connectivity index (χ3v) is 5.66. The lowest BCUT2D eigenvalue weighted by atomic mass is 9.86. The molecule has 3 rings (SSSR count). The maximum atomic E-state index is 12.5. The first-order chi connectivity index (χ1) is 13.8. The fourth-order valence-corrected chi connectivity index (χ4v) is 4.20. The molecule has 2 aromatic rings. The third kappa shape index (κ3) is 5.97. The van der Waals surface area contributed by atoms with Crippen LogP contribution in [0.25, 0.3) is 0 Å². The first-order valence-corrected chi connectivity index (χ1v) is 10.6. The number of nitrogens with one attached hydrogen (secondary N) is 2. The molecular weight excluding hydrogens is 409 g/mol. The molecule has 0 bridgehead atoms. The summed E-state index contributed by atoms with van der Waals surface area (Å²) < 4.78 is 0. The minimum Gasteiger partial charge on any atom is -0.362 e.